The van der Waals surface area contributed by atoms with Crippen LogP contribution >= 0.6 is 12.4 Å². The number of rotatable bonds is 4. The predicted molar refractivity (Wildman–Crippen MR) is 89.6 cm³/mol. The van der Waals surface area contributed by atoms with Crippen LogP contribution in [0.3, 0.4) is 0 Å². The molecule has 2 aromatic rings. The summed E-state index contributed by atoms with van der Waals surface area (Å²) in [6, 6.07) is 8.32. The van der Waals surface area contributed by atoms with E-state index in [-0.39, 0.29) is 25.0 Å². The van der Waals surface area contributed by atoms with Crippen LogP contribution in [0.5, 0.6) is 0 Å². The molecule has 1 atom stereocenters. The number of nitrogens with one attached hydrogen (secondary N) is 2. The number of benzene rings is 2. The molecule has 0 aromatic heterocycles. The maximum atomic E-state index is 13.2. The predicted octanol–water partition coefficient (Wildman–Crippen LogP) is 2.69. The summed E-state index contributed by atoms with van der Waals surface area (Å²) in [5.74, 6) is -4.79. The summed E-state index contributed by atoms with van der Waals surface area (Å²) in [5, 5.41) is 3.20. The number of sulfonamides is 1. The Morgan fingerprint density at radius 2 is 1.76 bits per heavy atom. The summed E-state index contributed by atoms with van der Waals surface area (Å²) < 4.78 is 66.2. The zero-order valence-corrected chi connectivity index (χ0v) is 14.6. The molecule has 0 spiro atoms. The molecule has 4 nitrogen and oxygen atoms in total. The Kier molecular flexibility index (Phi) is 6.10. The van der Waals surface area contributed by atoms with Crippen molar-refractivity contribution in [3.05, 3.63) is 65.0 Å². The molecule has 0 amide bonds. The van der Waals surface area contributed by atoms with E-state index in [1.807, 2.05) is 24.3 Å². The first-order valence-corrected chi connectivity index (χ1v) is 8.82. The van der Waals surface area contributed by atoms with Gasteiger partial charge < -0.3 is 5.32 Å². The van der Waals surface area contributed by atoms with Crippen LogP contribution in [0.2, 0.25) is 0 Å². The van der Waals surface area contributed by atoms with Gasteiger partial charge in [0.1, 0.15) is 0 Å². The summed E-state index contributed by atoms with van der Waals surface area (Å²) >= 11 is 0. The summed E-state index contributed by atoms with van der Waals surface area (Å²) in [4.78, 5) is -0.650. The summed E-state index contributed by atoms with van der Waals surface area (Å²) in [7, 11) is -4.16. The van der Waals surface area contributed by atoms with Crippen molar-refractivity contribution in [3.63, 3.8) is 0 Å². The first-order chi connectivity index (χ1) is 11.4. The highest BCUT2D eigenvalue weighted by Gasteiger charge is 2.24. The normalized spacial score (nSPS) is 16.8. The molecule has 0 aliphatic carbocycles. The van der Waals surface area contributed by atoms with Crippen molar-refractivity contribution >= 4 is 22.4 Å². The van der Waals surface area contributed by atoms with E-state index in [4.69, 9.17) is 0 Å². The van der Waals surface area contributed by atoms with Gasteiger partial charge in [-0.2, -0.15) is 0 Å². The lowest BCUT2D eigenvalue weighted by Crippen LogP contribution is -2.38. The molecule has 136 valence electrons. The topological polar surface area (TPSA) is 58.2 Å². The van der Waals surface area contributed by atoms with E-state index in [1.54, 1.807) is 0 Å². The largest absolute Gasteiger partial charge is 0.308 e. The Balaban J connectivity index is 0.00000225. The van der Waals surface area contributed by atoms with Gasteiger partial charge in [0.25, 0.3) is 0 Å². The second kappa shape index (κ2) is 7.74. The fourth-order valence-electron chi connectivity index (χ4n) is 2.74. The first kappa shape index (κ1) is 19.7. The average molecular weight is 393 g/mol. The van der Waals surface area contributed by atoms with E-state index in [2.05, 4.69) is 10.0 Å². The van der Waals surface area contributed by atoms with Crippen LogP contribution in [0.25, 0.3) is 0 Å². The molecule has 1 aliphatic heterocycles. The van der Waals surface area contributed by atoms with Gasteiger partial charge in [0, 0.05) is 12.6 Å². The van der Waals surface area contributed by atoms with Crippen molar-refractivity contribution in [2.75, 3.05) is 13.1 Å². The quantitative estimate of drug-likeness (QED) is 0.786. The smallest absolute Gasteiger partial charge is 0.240 e. The third-order valence-electron chi connectivity index (χ3n) is 3.96. The van der Waals surface area contributed by atoms with E-state index >= 15 is 0 Å². The third-order valence-corrected chi connectivity index (χ3v) is 5.36. The standard InChI is InChI=1S/C16H15F3N2O2S.ClH/c17-13-7-11(8-14(18)16(13)19)24(22,23)21-9-15-12-4-2-1-3-10(12)5-6-20-15;/h1-4,7-8,15,20-21H,5-6,9H2;1H. The van der Waals surface area contributed by atoms with E-state index in [9.17, 15) is 21.6 Å². The minimum atomic E-state index is -4.16. The lowest BCUT2D eigenvalue weighted by Gasteiger charge is -2.27. The molecular formula is C16H16ClF3N2O2S. The molecule has 0 saturated carbocycles. The lowest BCUT2D eigenvalue weighted by atomic mass is 9.95. The van der Waals surface area contributed by atoms with Gasteiger partial charge in [0.05, 0.1) is 4.90 Å². The molecule has 0 saturated heterocycles. The summed E-state index contributed by atoms with van der Waals surface area (Å²) in [6.07, 6.45) is 0.841. The molecule has 9 heteroatoms. The molecule has 1 aliphatic rings. The number of hydrogen-bond acceptors (Lipinski definition) is 3. The highest BCUT2D eigenvalue weighted by molar-refractivity contribution is 7.89. The molecule has 2 N–H and O–H groups in total. The van der Waals surface area contributed by atoms with E-state index in [0.29, 0.717) is 18.7 Å². The Hall–Kier alpha value is -1.61. The molecule has 0 radical (unpaired) electrons. The fourth-order valence-corrected chi connectivity index (χ4v) is 3.81. The SMILES string of the molecule is Cl.O=S(=O)(NCC1NCCc2ccccc21)c1cc(F)c(F)c(F)c1. The first-order valence-electron chi connectivity index (χ1n) is 7.34. The maximum Gasteiger partial charge on any atom is 0.240 e. The van der Waals surface area contributed by atoms with Crippen molar-refractivity contribution in [2.45, 2.75) is 17.4 Å². The molecule has 0 bridgehead atoms. The van der Waals surface area contributed by atoms with Gasteiger partial charge in [-0.3, -0.25) is 0 Å². The van der Waals surface area contributed by atoms with E-state index in [1.165, 1.54) is 0 Å². The highest BCUT2D eigenvalue weighted by Crippen LogP contribution is 2.23. The molecular weight excluding hydrogens is 377 g/mol. The minimum Gasteiger partial charge on any atom is -0.308 e. The Morgan fingerprint density at radius 3 is 2.44 bits per heavy atom. The van der Waals surface area contributed by atoms with Crippen molar-refractivity contribution < 1.29 is 21.6 Å². The molecule has 1 heterocycles. The Morgan fingerprint density at radius 1 is 1.12 bits per heavy atom. The van der Waals surface area contributed by atoms with Crippen molar-refractivity contribution in [2.24, 2.45) is 0 Å². The maximum absolute atomic E-state index is 13.2. The van der Waals surface area contributed by atoms with Gasteiger partial charge in [-0.05, 0) is 36.2 Å². The minimum absolute atomic E-state index is 0. The van der Waals surface area contributed by atoms with Crippen molar-refractivity contribution in [3.8, 4) is 0 Å². The highest BCUT2D eigenvalue weighted by atomic mass is 35.5. The fraction of sp³-hybridized carbons (Fsp3) is 0.250. The molecule has 1 unspecified atom stereocenters. The van der Waals surface area contributed by atoms with Gasteiger partial charge >= 0.3 is 0 Å². The summed E-state index contributed by atoms with van der Waals surface area (Å²) in [6.45, 7) is 0.711. The Bertz CT molecular complexity index is 854. The van der Waals surface area contributed by atoms with Crippen LogP contribution in [0, 0.1) is 17.5 Å². The van der Waals surface area contributed by atoms with Crippen molar-refractivity contribution in [1.82, 2.24) is 10.0 Å². The lowest BCUT2D eigenvalue weighted by molar-refractivity contribution is 0.441. The average Bonchev–Trinajstić information content (AvgIpc) is 2.57. The van der Waals surface area contributed by atoms with E-state index in [0.717, 1.165) is 17.5 Å². The van der Waals surface area contributed by atoms with Gasteiger partial charge in [-0.1, -0.05) is 24.3 Å². The van der Waals surface area contributed by atoms with Crippen LogP contribution in [-0.2, 0) is 16.4 Å². The van der Waals surface area contributed by atoms with Gasteiger partial charge in [0.15, 0.2) is 17.5 Å². The van der Waals surface area contributed by atoms with Crippen LogP contribution < -0.4 is 10.0 Å². The number of halogens is 4. The van der Waals surface area contributed by atoms with Gasteiger partial charge in [0.2, 0.25) is 10.0 Å². The van der Waals surface area contributed by atoms with Crippen molar-refractivity contribution in [1.29, 1.82) is 0 Å². The van der Waals surface area contributed by atoms with Crippen LogP contribution in [0.15, 0.2) is 41.3 Å². The second-order valence-corrected chi connectivity index (χ2v) is 7.28. The van der Waals surface area contributed by atoms with Crippen LogP contribution in [0.1, 0.15) is 17.2 Å². The molecule has 25 heavy (non-hydrogen) atoms. The monoisotopic (exact) mass is 392 g/mol. The van der Waals surface area contributed by atoms with E-state index < -0.39 is 32.4 Å². The molecule has 0 fully saturated rings. The zero-order valence-electron chi connectivity index (χ0n) is 12.9. The Labute approximate surface area is 149 Å². The van der Waals surface area contributed by atoms with Crippen LogP contribution in [0.4, 0.5) is 13.2 Å². The van der Waals surface area contributed by atoms with Gasteiger partial charge in [-0.25, -0.2) is 26.3 Å². The number of hydrogen-bond donors (Lipinski definition) is 2. The number of fused-ring (bicyclic) bond motifs is 1. The summed E-state index contributed by atoms with van der Waals surface area (Å²) in [5.41, 5.74) is 2.10. The molecule has 2 aromatic carbocycles. The third kappa shape index (κ3) is 4.14. The van der Waals surface area contributed by atoms with Gasteiger partial charge in [-0.15, -0.1) is 12.4 Å². The zero-order chi connectivity index (χ0) is 17.3. The van der Waals surface area contributed by atoms with Crippen LogP contribution in [-0.4, -0.2) is 21.5 Å². The molecule has 3 rings (SSSR count). The second-order valence-electron chi connectivity index (χ2n) is 5.51.